The van der Waals surface area contributed by atoms with Gasteiger partial charge >= 0.3 is 12.1 Å². The van der Waals surface area contributed by atoms with Gasteiger partial charge in [0.05, 0.1) is 12.6 Å². The summed E-state index contributed by atoms with van der Waals surface area (Å²) in [6, 6.07) is 9.73. The van der Waals surface area contributed by atoms with Crippen LogP contribution in [0.5, 0.6) is 0 Å². The summed E-state index contributed by atoms with van der Waals surface area (Å²) in [4.78, 5) is 40.6. The Morgan fingerprint density at radius 1 is 1.10 bits per heavy atom. The van der Waals surface area contributed by atoms with E-state index >= 15 is 0 Å². The molecule has 2 aromatic carbocycles. The second-order valence-corrected chi connectivity index (χ2v) is 10.9. The smallest absolute Gasteiger partial charge is 0.411 e. The Bertz CT molecular complexity index is 1300. The summed E-state index contributed by atoms with van der Waals surface area (Å²) in [5.74, 6) is 4.33. The highest BCUT2D eigenvalue weighted by Crippen LogP contribution is 2.24. The second kappa shape index (κ2) is 13.0. The molecule has 0 aromatic heterocycles. The van der Waals surface area contributed by atoms with Gasteiger partial charge in [0.15, 0.2) is 0 Å². The minimum atomic E-state index is -0.971. The van der Waals surface area contributed by atoms with Crippen LogP contribution in [-0.2, 0) is 25.5 Å². The molecule has 10 nitrogen and oxygen atoms in total. The van der Waals surface area contributed by atoms with Crippen LogP contribution in [-0.4, -0.2) is 59.5 Å². The van der Waals surface area contributed by atoms with Crippen molar-refractivity contribution < 1.29 is 28.3 Å². The van der Waals surface area contributed by atoms with Crippen LogP contribution < -0.4 is 11.6 Å². The van der Waals surface area contributed by atoms with Gasteiger partial charge in [-0.15, -0.1) is 0 Å². The zero-order chi connectivity index (χ0) is 29.6. The monoisotopic (exact) mass is 555 g/mol. The van der Waals surface area contributed by atoms with Gasteiger partial charge in [-0.3, -0.25) is 9.74 Å². The molecule has 0 aliphatic carbocycles. The minimum Gasteiger partial charge on any atom is -0.456 e. The molecule has 4 N–H and O–H groups in total. The largest absolute Gasteiger partial charge is 0.456 e. The maximum atomic E-state index is 14.6. The highest BCUT2D eigenvalue weighted by atomic mass is 19.1. The number of esters is 1. The van der Waals surface area contributed by atoms with E-state index < -0.39 is 35.6 Å². The van der Waals surface area contributed by atoms with Crippen molar-refractivity contribution in [3.05, 3.63) is 64.5 Å². The van der Waals surface area contributed by atoms with Gasteiger partial charge in [-0.1, -0.05) is 29.8 Å². The molecule has 1 heterocycles. The number of carbonyl (C=O) groups excluding carboxylic acids is 2. The third-order valence-electron chi connectivity index (χ3n) is 6.20. The number of hydrogen-bond acceptors (Lipinski definition) is 7. The van der Waals surface area contributed by atoms with E-state index in [4.69, 9.17) is 25.9 Å². The fourth-order valence-electron chi connectivity index (χ4n) is 4.19. The Kier molecular flexibility index (Phi) is 9.99. The summed E-state index contributed by atoms with van der Waals surface area (Å²) in [6.45, 7) is 10.6. The van der Waals surface area contributed by atoms with Crippen LogP contribution in [0.2, 0.25) is 0 Å². The van der Waals surface area contributed by atoms with Crippen molar-refractivity contribution in [1.82, 2.24) is 4.90 Å². The molecule has 1 saturated heterocycles. The maximum absolute atomic E-state index is 14.6. The van der Waals surface area contributed by atoms with Crippen LogP contribution in [0.15, 0.2) is 46.4 Å². The van der Waals surface area contributed by atoms with Gasteiger partial charge in [-0.25, -0.2) is 29.9 Å². The number of halogens is 1. The number of amides is 1. The molecule has 1 unspecified atom stereocenters. The third-order valence-corrected chi connectivity index (χ3v) is 6.20. The predicted octanol–water partition coefficient (Wildman–Crippen LogP) is 4.19. The van der Waals surface area contributed by atoms with Crippen molar-refractivity contribution in [3.63, 3.8) is 0 Å². The number of likely N-dealkylation sites (tertiary alicyclic amines) is 1. The van der Waals surface area contributed by atoms with E-state index in [0.717, 1.165) is 22.3 Å². The highest BCUT2D eigenvalue weighted by Gasteiger charge is 2.43. The standard InChI is InChI=1S/C29H38FN5O5/c1-17-7-9-19(3)20(11-17)13-26(33-23-10-8-18(2)12-22(23)30)34-25(31)16-38-27(36)24-14-21(40-32)15-35(24)28(37)39-29(4,5)6/h7-12,21,24H,13-16,32H2,1-6H3,(H2,31,33,34)/t21?,24-/m0/s1. The molecule has 0 radical (unpaired) electrons. The fourth-order valence-corrected chi connectivity index (χ4v) is 4.19. The average Bonchev–Trinajstić information content (AvgIpc) is 3.30. The second-order valence-electron chi connectivity index (χ2n) is 10.9. The first-order valence-electron chi connectivity index (χ1n) is 13.0. The van der Waals surface area contributed by atoms with Crippen LogP contribution in [0, 0.1) is 26.6 Å². The lowest BCUT2D eigenvalue weighted by Gasteiger charge is -2.27. The molecule has 0 spiro atoms. The summed E-state index contributed by atoms with van der Waals surface area (Å²) in [5.41, 5.74) is 9.28. The summed E-state index contributed by atoms with van der Waals surface area (Å²) in [5, 5.41) is 0. The zero-order valence-electron chi connectivity index (χ0n) is 23.9. The Balaban J connectivity index is 1.80. The summed E-state index contributed by atoms with van der Waals surface area (Å²) < 4.78 is 25.4. The van der Waals surface area contributed by atoms with Crippen LogP contribution >= 0.6 is 0 Å². The quantitative estimate of drug-likeness (QED) is 0.226. The summed E-state index contributed by atoms with van der Waals surface area (Å²) >= 11 is 0. The number of hydrogen-bond donors (Lipinski definition) is 2. The van der Waals surface area contributed by atoms with Crippen molar-refractivity contribution >= 4 is 29.4 Å². The van der Waals surface area contributed by atoms with Crippen molar-refractivity contribution in [1.29, 1.82) is 0 Å². The van der Waals surface area contributed by atoms with Gasteiger partial charge in [-0.2, -0.15) is 0 Å². The van der Waals surface area contributed by atoms with E-state index in [2.05, 4.69) is 9.98 Å². The molecule has 1 amide bonds. The average molecular weight is 556 g/mol. The molecule has 0 saturated carbocycles. The summed E-state index contributed by atoms with van der Waals surface area (Å²) in [6.07, 6.45) is -0.826. The predicted molar refractivity (Wildman–Crippen MR) is 151 cm³/mol. The van der Waals surface area contributed by atoms with Gasteiger partial charge in [0.25, 0.3) is 0 Å². The Morgan fingerprint density at radius 2 is 1.77 bits per heavy atom. The first-order chi connectivity index (χ1) is 18.8. The molecule has 3 rings (SSSR count). The molecule has 216 valence electrons. The molecule has 1 aliphatic heterocycles. The third kappa shape index (κ3) is 8.59. The van der Waals surface area contributed by atoms with E-state index in [9.17, 15) is 14.0 Å². The zero-order valence-corrected chi connectivity index (χ0v) is 23.9. The molecule has 11 heteroatoms. The van der Waals surface area contributed by atoms with Crippen molar-refractivity contribution in [2.75, 3.05) is 13.2 Å². The van der Waals surface area contributed by atoms with E-state index in [1.54, 1.807) is 39.8 Å². The van der Waals surface area contributed by atoms with Crippen LogP contribution in [0.4, 0.5) is 14.9 Å². The van der Waals surface area contributed by atoms with Crippen molar-refractivity contribution in [2.24, 2.45) is 21.6 Å². The summed E-state index contributed by atoms with van der Waals surface area (Å²) in [7, 11) is 0. The number of benzene rings is 2. The first kappa shape index (κ1) is 30.7. The van der Waals surface area contributed by atoms with E-state index in [1.807, 2.05) is 32.0 Å². The van der Waals surface area contributed by atoms with Gasteiger partial charge < -0.3 is 15.2 Å². The molecule has 2 aromatic rings. The van der Waals surface area contributed by atoms with E-state index in [0.29, 0.717) is 0 Å². The van der Waals surface area contributed by atoms with Gasteiger partial charge in [-0.05, 0) is 70.4 Å². The number of carbonyl (C=O) groups is 2. The van der Waals surface area contributed by atoms with Crippen molar-refractivity contribution in [3.8, 4) is 0 Å². The minimum absolute atomic E-state index is 0.0432. The highest BCUT2D eigenvalue weighted by molar-refractivity contribution is 5.99. The lowest BCUT2D eigenvalue weighted by molar-refractivity contribution is -0.147. The molecular formula is C29H38FN5O5. The molecule has 40 heavy (non-hydrogen) atoms. The van der Waals surface area contributed by atoms with E-state index in [1.165, 1.54) is 11.0 Å². The molecule has 2 atom stereocenters. The lowest BCUT2D eigenvalue weighted by atomic mass is 10.0. The SMILES string of the molecule is Cc1ccc(N=C(Cc2cc(C)ccc2C)N=C(N)COC(=O)[C@@H]2CC(ON)CN2C(=O)OC(C)(C)C)c(F)c1. The lowest BCUT2D eigenvalue weighted by Crippen LogP contribution is -2.44. The van der Waals surface area contributed by atoms with Crippen LogP contribution in [0.3, 0.4) is 0 Å². The van der Waals surface area contributed by atoms with Gasteiger partial charge in [0.2, 0.25) is 0 Å². The van der Waals surface area contributed by atoms with Gasteiger partial charge in [0.1, 0.15) is 41.4 Å². The maximum Gasteiger partial charge on any atom is 0.411 e. The number of amidine groups is 2. The van der Waals surface area contributed by atoms with E-state index in [-0.39, 0.29) is 43.4 Å². The number of nitrogens with two attached hydrogens (primary N) is 2. The molecule has 0 bridgehead atoms. The van der Waals surface area contributed by atoms with Crippen LogP contribution in [0.1, 0.15) is 49.4 Å². The number of rotatable bonds is 7. The van der Waals surface area contributed by atoms with Crippen molar-refractivity contribution in [2.45, 2.75) is 72.1 Å². The fraction of sp³-hybridized carbons (Fsp3) is 0.448. The molecular weight excluding hydrogens is 517 g/mol. The Morgan fingerprint density at radius 3 is 2.42 bits per heavy atom. The number of aryl methyl sites for hydroxylation is 3. The van der Waals surface area contributed by atoms with Crippen LogP contribution in [0.25, 0.3) is 0 Å². The number of aliphatic imine (C=N–C) groups is 2. The molecule has 1 fully saturated rings. The Hall–Kier alpha value is -3.83. The Labute approximate surface area is 234 Å². The number of ether oxygens (including phenoxy) is 2. The normalized spacial score (nSPS) is 18.1. The number of nitrogens with zero attached hydrogens (tertiary/aromatic N) is 3. The van der Waals surface area contributed by atoms with Gasteiger partial charge in [0, 0.05) is 12.8 Å². The topological polar surface area (TPSA) is 142 Å². The first-order valence-corrected chi connectivity index (χ1v) is 13.0. The molecule has 1 aliphatic rings.